The van der Waals surface area contributed by atoms with E-state index >= 15 is 0 Å². The van der Waals surface area contributed by atoms with E-state index in [4.69, 9.17) is 10.00 Å². The van der Waals surface area contributed by atoms with Crippen molar-refractivity contribution in [3.8, 4) is 11.8 Å². The molecule has 1 aromatic heterocycles. The predicted molar refractivity (Wildman–Crippen MR) is 126 cm³/mol. The van der Waals surface area contributed by atoms with E-state index in [1.807, 2.05) is 23.1 Å². The molecular formula is C22H21FN6O2S2. The molecule has 0 bridgehead atoms. The number of halogens is 1. The second kappa shape index (κ2) is 11.2. The maximum Gasteiger partial charge on any atom is 0.234 e. The molecule has 2 aromatic carbocycles. The van der Waals surface area contributed by atoms with Gasteiger partial charge in [-0.15, -0.1) is 22.0 Å². The third kappa shape index (κ3) is 5.84. The summed E-state index contributed by atoms with van der Waals surface area (Å²) >= 11 is 2.58. The Labute approximate surface area is 199 Å². The SMILES string of the molecule is N#CCSc1ccccc1NC(=O)CSc1nnc(N2CCOCC2)n1-c1cccc(F)c1. The molecule has 0 atom stereocenters. The van der Waals surface area contributed by atoms with Crippen LogP contribution in [0.3, 0.4) is 0 Å². The van der Waals surface area contributed by atoms with Gasteiger partial charge < -0.3 is 15.0 Å². The monoisotopic (exact) mass is 484 g/mol. The van der Waals surface area contributed by atoms with Gasteiger partial charge in [-0.3, -0.25) is 9.36 Å². The Hall–Kier alpha value is -3.07. The lowest BCUT2D eigenvalue weighted by atomic mass is 10.3. The number of aromatic nitrogens is 3. The number of benzene rings is 2. The molecule has 0 aliphatic carbocycles. The number of ether oxygens (including phenoxy) is 1. The molecule has 0 unspecified atom stereocenters. The molecular weight excluding hydrogens is 463 g/mol. The molecule has 33 heavy (non-hydrogen) atoms. The Morgan fingerprint density at radius 2 is 1.97 bits per heavy atom. The van der Waals surface area contributed by atoms with Crippen LogP contribution < -0.4 is 10.2 Å². The number of nitrogens with zero attached hydrogens (tertiary/aromatic N) is 5. The van der Waals surface area contributed by atoms with Crippen LogP contribution in [0.2, 0.25) is 0 Å². The zero-order valence-corrected chi connectivity index (χ0v) is 19.2. The molecule has 4 rings (SSSR count). The first kappa shape index (κ1) is 23.1. The number of rotatable bonds is 8. The van der Waals surface area contributed by atoms with Gasteiger partial charge in [-0.25, -0.2) is 4.39 Å². The normalized spacial score (nSPS) is 13.5. The fraction of sp³-hybridized carbons (Fsp3) is 0.273. The van der Waals surface area contributed by atoms with Crippen LogP contribution in [-0.4, -0.2) is 58.5 Å². The fourth-order valence-electron chi connectivity index (χ4n) is 3.29. The largest absolute Gasteiger partial charge is 0.378 e. The van der Waals surface area contributed by atoms with Crippen LogP contribution in [-0.2, 0) is 9.53 Å². The number of amides is 1. The second-order valence-corrected chi connectivity index (χ2v) is 8.94. The Morgan fingerprint density at radius 3 is 2.76 bits per heavy atom. The van der Waals surface area contributed by atoms with Gasteiger partial charge in [-0.2, -0.15) is 5.26 Å². The van der Waals surface area contributed by atoms with Gasteiger partial charge in [-0.05, 0) is 30.3 Å². The molecule has 1 saturated heterocycles. The first-order valence-electron chi connectivity index (χ1n) is 10.2. The Bertz CT molecular complexity index is 1160. The molecule has 3 aromatic rings. The highest BCUT2D eigenvalue weighted by Gasteiger charge is 2.22. The van der Waals surface area contributed by atoms with E-state index in [-0.39, 0.29) is 17.5 Å². The molecule has 8 nitrogen and oxygen atoms in total. The molecule has 0 radical (unpaired) electrons. The third-order valence-electron chi connectivity index (χ3n) is 4.76. The van der Waals surface area contributed by atoms with E-state index in [0.29, 0.717) is 54.5 Å². The van der Waals surface area contributed by atoms with E-state index in [2.05, 4.69) is 21.6 Å². The van der Waals surface area contributed by atoms with Crippen molar-refractivity contribution in [3.63, 3.8) is 0 Å². The van der Waals surface area contributed by atoms with Crippen LogP contribution >= 0.6 is 23.5 Å². The number of hydrogen-bond donors (Lipinski definition) is 1. The fourth-order valence-corrected chi connectivity index (χ4v) is 4.70. The summed E-state index contributed by atoms with van der Waals surface area (Å²) in [7, 11) is 0. The summed E-state index contributed by atoms with van der Waals surface area (Å²) in [5.41, 5.74) is 1.24. The Kier molecular flexibility index (Phi) is 7.83. The number of thioether (sulfide) groups is 2. The van der Waals surface area contributed by atoms with Crippen molar-refractivity contribution in [1.29, 1.82) is 5.26 Å². The van der Waals surface area contributed by atoms with E-state index in [0.717, 1.165) is 4.90 Å². The van der Waals surface area contributed by atoms with Gasteiger partial charge in [0.15, 0.2) is 5.16 Å². The van der Waals surface area contributed by atoms with E-state index in [1.54, 1.807) is 22.8 Å². The van der Waals surface area contributed by atoms with E-state index in [9.17, 15) is 9.18 Å². The molecule has 1 amide bonds. The number of carbonyl (C=O) groups is 1. The average Bonchev–Trinajstić information content (AvgIpc) is 3.27. The standard InChI is InChI=1S/C22H21FN6O2S2/c23-16-4-3-5-17(14-16)29-21(28-9-11-31-12-10-28)26-27-22(29)33-15-20(30)25-18-6-1-2-7-19(18)32-13-8-24/h1-7,14H,9-13,15H2,(H,25,30). The van der Waals surface area contributed by atoms with Gasteiger partial charge in [0.05, 0.1) is 42.2 Å². The molecule has 11 heteroatoms. The number of carbonyl (C=O) groups excluding carboxylic acids is 1. The van der Waals surface area contributed by atoms with Gasteiger partial charge in [0.1, 0.15) is 5.82 Å². The summed E-state index contributed by atoms with van der Waals surface area (Å²) in [5, 5.41) is 20.8. The van der Waals surface area contributed by atoms with Crippen molar-refractivity contribution in [2.75, 3.05) is 48.0 Å². The quantitative estimate of drug-likeness (QED) is 0.485. The van der Waals surface area contributed by atoms with Crippen molar-refractivity contribution in [2.24, 2.45) is 0 Å². The lowest BCUT2D eigenvalue weighted by Gasteiger charge is -2.27. The summed E-state index contributed by atoms with van der Waals surface area (Å²) in [5.74, 6) is 0.391. The van der Waals surface area contributed by atoms with Crippen molar-refractivity contribution in [3.05, 3.63) is 54.3 Å². The average molecular weight is 485 g/mol. The zero-order chi connectivity index (χ0) is 23.0. The third-order valence-corrected chi connectivity index (χ3v) is 6.63. The minimum absolute atomic E-state index is 0.0911. The molecule has 0 spiro atoms. The minimum Gasteiger partial charge on any atom is -0.378 e. The van der Waals surface area contributed by atoms with Crippen LogP contribution in [0.15, 0.2) is 58.6 Å². The maximum absolute atomic E-state index is 14.0. The summed E-state index contributed by atoms with van der Waals surface area (Å²) in [6, 6.07) is 15.6. The lowest BCUT2D eigenvalue weighted by Crippen LogP contribution is -2.37. The minimum atomic E-state index is -0.366. The number of para-hydroxylation sites is 1. The van der Waals surface area contributed by atoms with Crippen molar-refractivity contribution in [2.45, 2.75) is 10.1 Å². The van der Waals surface area contributed by atoms with Gasteiger partial charge in [0.25, 0.3) is 0 Å². The number of morpholine rings is 1. The van der Waals surface area contributed by atoms with Crippen molar-refractivity contribution >= 4 is 41.1 Å². The Morgan fingerprint density at radius 1 is 1.15 bits per heavy atom. The summed E-state index contributed by atoms with van der Waals surface area (Å²) in [6.45, 7) is 2.44. The molecule has 170 valence electrons. The first-order chi connectivity index (χ1) is 16.2. The molecule has 1 aliphatic heterocycles. The smallest absolute Gasteiger partial charge is 0.234 e. The maximum atomic E-state index is 14.0. The topological polar surface area (TPSA) is 96.1 Å². The number of nitrogens with one attached hydrogen (secondary N) is 1. The molecule has 1 fully saturated rings. The highest BCUT2D eigenvalue weighted by atomic mass is 32.2. The summed E-state index contributed by atoms with van der Waals surface area (Å²) in [6.07, 6.45) is 0. The van der Waals surface area contributed by atoms with E-state index < -0.39 is 0 Å². The van der Waals surface area contributed by atoms with Crippen LogP contribution in [0.5, 0.6) is 0 Å². The van der Waals surface area contributed by atoms with Gasteiger partial charge in [0.2, 0.25) is 11.9 Å². The molecule has 2 heterocycles. The van der Waals surface area contributed by atoms with Gasteiger partial charge >= 0.3 is 0 Å². The van der Waals surface area contributed by atoms with Crippen molar-refractivity contribution in [1.82, 2.24) is 14.8 Å². The van der Waals surface area contributed by atoms with Crippen LogP contribution in [0.1, 0.15) is 0 Å². The van der Waals surface area contributed by atoms with Crippen LogP contribution in [0.25, 0.3) is 5.69 Å². The number of anilines is 2. The van der Waals surface area contributed by atoms with Gasteiger partial charge in [0, 0.05) is 18.0 Å². The predicted octanol–water partition coefficient (Wildman–Crippen LogP) is 3.59. The highest BCUT2D eigenvalue weighted by Crippen LogP contribution is 2.29. The van der Waals surface area contributed by atoms with Gasteiger partial charge in [-0.1, -0.05) is 30.0 Å². The molecule has 0 saturated carbocycles. The summed E-state index contributed by atoms with van der Waals surface area (Å²) in [4.78, 5) is 15.5. The van der Waals surface area contributed by atoms with E-state index in [1.165, 1.54) is 35.7 Å². The van der Waals surface area contributed by atoms with Crippen molar-refractivity contribution < 1.29 is 13.9 Å². The first-order valence-corrected chi connectivity index (χ1v) is 12.2. The Balaban J connectivity index is 1.52. The molecule has 1 aliphatic rings. The second-order valence-electron chi connectivity index (χ2n) is 6.98. The highest BCUT2D eigenvalue weighted by molar-refractivity contribution is 8.00. The lowest BCUT2D eigenvalue weighted by molar-refractivity contribution is -0.113. The van der Waals surface area contributed by atoms with Crippen LogP contribution in [0.4, 0.5) is 16.0 Å². The van der Waals surface area contributed by atoms with Crippen LogP contribution in [0, 0.1) is 17.1 Å². The summed E-state index contributed by atoms with van der Waals surface area (Å²) < 4.78 is 21.2. The number of nitriles is 1. The zero-order valence-electron chi connectivity index (χ0n) is 17.6. The molecule has 1 N–H and O–H groups in total. The number of hydrogen-bond acceptors (Lipinski definition) is 8.